The fourth-order valence-electron chi connectivity index (χ4n) is 3.19. The molecule has 1 aromatic carbocycles. The number of amides is 1. The molecule has 0 spiro atoms. The topological polar surface area (TPSA) is 114 Å². The summed E-state index contributed by atoms with van der Waals surface area (Å²) >= 11 is 0. The molecule has 0 aliphatic heterocycles. The molecule has 144 valence electrons. The van der Waals surface area contributed by atoms with E-state index in [4.69, 9.17) is 5.26 Å². The van der Waals surface area contributed by atoms with Gasteiger partial charge in [0.2, 0.25) is 5.91 Å². The van der Waals surface area contributed by atoms with Crippen molar-refractivity contribution >= 4 is 11.6 Å². The molecule has 28 heavy (non-hydrogen) atoms. The molecule has 1 amide bonds. The van der Waals surface area contributed by atoms with Crippen molar-refractivity contribution in [1.29, 1.82) is 5.26 Å². The summed E-state index contributed by atoms with van der Waals surface area (Å²) in [6.07, 6.45) is 2.92. The van der Waals surface area contributed by atoms with Gasteiger partial charge < -0.3 is 5.32 Å². The zero-order chi connectivity index (χ0) is 20.1. The average Bonchev–Trinajstić information content (AvgIpc) is 3.27. The zero-order valence-electron chi connectivity index (χ0n) is 16.2. The molecule has 1 N–H and O–H groups in total. The smallest absolute Gasteiger partial charge is 0.224 e. The summed E-state index contributed by atoms with van der Waals surface area (Å²) in [5.41, 5.74) is 5.54. The summed E-state index contributed by atoms with van der Waals surface area (Å²) < 4.78 is 3.42. The highest BCUT2D eigenvalue weighted by molar-refractivity contribution is 5.91. The maximum Gasteiger partial charge on any atom is 0.224 e. The fourth-order valence-corrected chi connectivity index (χ4v) is 3.19. The van der Waals surface area contributed by atoms with Crippen LogP contribution in [0.2, 0.25) is 0 Å². The van der Waals surface area contributed by atoms with Gasteiger partial charge in [0, 0.05) is 17.8 Å². The fraction of sp³-hybridized carbons (Fsp3) is 0.368. The largest absolute Gasteiger partial charge is 0.326 e. The van der Waals surface area contributed by atoms with Gasteiger partial charge in [-0.3, -0.25) is 9.48 Å². The highest BCUT2D eigenvalue weighted by Gasteiger charge is 2.13. The van der Waals surface area contributed by atoms with Crippen molar-refractivity contribution in [2.75, 3.05) is 5.32 Å². The van der Waals surface area contributed by atoms with E-state index in [0.717, 1.165) is 33.9 Å². The van der Waals surface area contributed by atoms with E-state index in [1.165, 1.54) is 6.33 Å². The standard InChI is InChI=1S/C19H22N8O/c1-13-11-16(5-7-18(13)27-12-21-24-25-27)22-19(28)8-6-17-14(2)23-26(15(17)3)10-4-9-20/h5,7,11-12H,4,6,8,10H2,1-3H3,(H,22,28). The molecule has 3 aromatic rings. The number of benzene rings is 1. The zero-order valence-corrected chi connectivity index (χ0v) is 16.2. The van der Waals surface area contributed by atoms with Gasteiger partial charge in [-0.2, -0.15) is 10.4 Å². The Bertz CT molecular complexity index is 1010. The van der Waals surface area contributed by atoms with Crippen LogP contribution in [0.15, 0.2) is 24.5 Å². The highest BCUT2D eigenvalue weighted by Crippen LogP contribution is 2.19. The third-order valence-electron chi connectivity index (χ3n) is 4.65. The van der Waals surface area contributed by atoms with Crippen molar-refractivity contribution in [2.45, 2.75) is 46.6 Å². The summed E-state index contributed by atoms with van der Waals surface area (Å²) in [6.45, 7) is 6.42. The van der Waals surface area contributed by atoms with Gasteiger partial charge in [-0.25, -0.2) is 4.68 Å². The van der Waals surface area contributed by atoms with E-state index in [1.54, 1.807) is 4.68 Å². The van der Waals surface area contributed by atoms with Crippen LogP contribution in [0.1, 0.15) is 35.4 Å². The summed E-state index contributed by atoms with van der Waals surface area (Å²) in [5, 5.41) is 27.3. The van der Waals surface area contributed by atoms with Crippen LogP contribution in [0.3, 0.4) is 0 Å². The van der Waals surface area contributed by atoms with Gasteiger partial charge in [0.1, 0.15) is 6.33 Å². The van der Waals surface area contributed by atoms with Crippen molar-refractivity contribution < 1.29 is 4.79 Å². The van der Waals surface area contributed by atoms with E-state index in [9.17, 15) is 4.79 Å². The third-order valence-corrected chi connectivity index (χ3v) is 4.65. The van der Waals surface area contributed by atoms with Gasteiger partial charge in [-0.15, -0.1) is 5.10 Å². The van der Waals surface area contributed by atoms with E-state index in [0.29, 0.717) is 25.8 Å². The maximum atomic E-state index is 12.4. The Morgan fingerprint density at radius 3 is 2.79 bits per heavy atom. The number of rotatable bonds is 7. The lowest BCUT2D eigenvalue weighted by molar-refractivity contribution is -0.116. The van der Waals surface area contributed by atoms with Gasteiger partial charge in [-0.1, -0.05) is 0 Å². The summed E-state index contributed by atoms with van der Waals surface area (Å²) in [7, 11) is 0. The lowest BCUT2D eigenvalue weighted by Crippen LogP contribution is -2.13. The number of carbonyl (C=O) groups is 1. The van der Waals surface area contributed by atoms with Crippen molar-refractivity contribution in [1.82, 2.24) is 30.0 Å². The van der Waals surface area contributed by atoms with E-state index >= 15 is 0 Å². The van der Waals surface area contributed by atoms with Gasteiger partial charge >= 0.3 is 0 Å². The van der Waals surface area contributed by atoms with Gasteiger partial charge in [-0.05, 0) is 66.9 Å². The van der Waals surface area contributed by atoms with Crippen molar-refractivity contribution in [3.05, 3.63) is 47.0 Å². The molecule has 0 fully saturated rings. The van der Waals surface area contributed by atoms with E-state index in [1.807, 2.05) is 43.7 Å². The van der Waals surface area contributed by atoms with Crippen LogP contribution in [-0.4, -0.2) is 35.9 Å². The first-order valence-electron chi connectivity index (χ1n) is 9.03. The van der Waals surface area contributed by atoms with Crippen LogP contribution in [0.4, 0.5) is 5.69 Å². The minimum Gasteiger partial charge on any atom is -0.326 e. The normalized spacial score (nSPS) is 10.6. The monoisotopic (exact) mass is 378 g/mol. The Morgan fingerprint density at radius 1 is 1.29 bits per heavy atom. The lowest BCUT2D eigenvalue weighted by atomic mass is 10.1. The molecule has 9 heteroatoms. The molecule has 3 rings (SSSR count). The van der Waals surface area contributed by atoms with Crippen LogP contribution in [0.5, 0.6) is 0 Å². The number of hydrogen-bond donors (Lipinski definition) is 1. The Balaban J connectivity index is 1.61. The quantitative estimate of drug-likeness (QED) is 0.674. The predicted molar refractivity (Wildman–Crippen MR) is 103 cm³/mol. The van der Waals surface area contributed by atoms with Crippen LogP contribution < -0.4 is 5.32 Å². The molecule has 0 bridgehead atoms. The number of aryl methyl sites for hydroxylation is 3. The first-order valence-corrected chi connectivity index (χ1v) is 9.03. The van der Waals surface area contributed by atoms with Crippen molar-refractivity contribution in [3.63, 3.8) is 0 Å². The molecular weight excluding hydrogens is 356 g/mol. The Hall–Kier alpha value is -3.54. The van der Waals surface area contributed by atoms with Gasteiger partial charge in [0.05, 0.1) is 30.4 Å². The van der Waals surface area contributed by atoms with E-state index < -0.39 is 0 Å². The van der Waals surface area contributed by atoms with Crippen LogP contribution in [0.25, 0.3) is 5.69 Å². The number of tetrazole rings is 1. The number of hydrogen-bond acceptors (Lipinski definition) is 6. The van der Waals surface area contributed by atoms with Gasteiger partial charge in [0.25, 0.3) is 0 Å². The minimum absolute atomic E-state index is 0.0573. The first kappa shape index (κ1) is 19.2. The van der Waals surface area contributed by atoms with Gasteiger partial charge in [0.15, 0.2) is 0 Å². The molecule has 0 saturated carbocycles. The lowest BCUT2D eigenvalue weighted by Gasteiger charge is -2.09. The Kier molecular flexibility index (Phi) is 5.79. The molecular formula is C19H22N8O. The summed E-state index contributed by atoms with van der Waals surface area (Å²) in [5.74, 6) is -0.0573. The van der Waals surface area contributed by atoms with E-state index in [-0.39, 0.29) is 5.91 Å². The summed E-state index contributed by atoms with van der Waals surface area (Å²) in [4.78, 5) is 12.4. The second kappa shape index (κ2) is 8.43. The molecule has 0 unspecified atom stereocenters. The average molecular weight is 378 g/mol. The molecule has 0 aliphatic carbocycles. The minimum atomic E-state index is -0.0573. The van der Waals surface area contributed by atoms with Crippen LogP contribution in [-0.2, 0) is 17.8 Å². The Labute approximate surface area is 163 Å². The van der Waals surface area contributed by atoms with Crippen molar-refractivity contribution in [3.8, 4) is 11.8 Å². The summed E-state index contributed by atoms with van der Waals surface area (Å²) in [6, 6.07) is 7.73. The molecule has 0 radical (unpaired) electrons. The number of nitriles is 1. The third kappa shape index (κ3) is 4.23. The highest BCUT2D eigenvalue weighted by atomic mass is 16.1. The molecule has 0 saturated heterocycles. The number of nitrogens with one attached hydrogen (secondary N) is 1. The van der Waals surface area contributed by atoms with Crippen LogP contribution >= 0.6 is 0 Å². The SMILES string of the molecule is Cc1cc(NC(=O)CCc2c(C)nn(CCC#N)c2C)ccc1-n1cnnn1. The second-order valence-corrected chi connectivity index (χ2v) is 6.58. The molecule has 0 aliphatic rings. The Morgan fingerprint density at radius 2 is 2.11 bits per heavy atom. The molecule has 9 nitrogen and oxygen atoms in total. The second-order valence-electron chi connectivity index (χ2n) is 6.58. The molecule has 2 heterocycles. The first-order chi connectivity index (χ1) is 13.5. The number of aromatic nitrogens is 6. The van der Waals surface area contributed by atoms with E-state index in [2.05, 4.69) is 32.0 Å². The molecule has 0 atom stereocenters. The maximum absolute atomic E-state index is 12.4. The number of carbonyl (C=O) groups excluding carboxylic acids is 1. The number of nitrogens with zero attached hydrogens (tertiary/aromatic N) is 7. The predicted octanol–water partition coefficient (Wildman–Crippen LogP) is 2.27. The van der Waals surface area contributed by atoms with Crippen LogP contribution in [0, 0.1) is 32.1 Å². The molecule has 2 aromatic heterocycles. The number of anilines is 1. The van der Waals surface area contributed by atoms with Crippen molar-refractivity contribution in [2.24, 2.45) is 0 Å².